The topological polar surface area (TPSA) is 59.1 Å². The maximum atomic E-state index is 12.2. The first kappa shape index (κ1) is 18.6. The molecule has 1 saturated heterocycles. The Kier molecular flexibility index (Phi) is 6.10. The van der Waals surface area contributed by atoms with Crippen LogP contribution < -0.4 is 4.74 Å². The molecule has 0 spiro atoms. The number of amides is 2. The number of hydrogen-bond donors (Lipinski definition) is 0. The van der Waals surface area contributed by atoms with Gasteiger partial charge in [-0.05, 0) is 39.0 Å². The van der Waals surface area contributed by atoms with Crippen LogP contribution in [0.15, 0.2) is 28.7 Å². The first-order valence-electron chi connectivity index (χ1n) is 7.89. The van der Waals surface area contributed by atoms with Crippen LogP contribution in [0.4, 0.5) is 4.79 Å². The average Bonchev–Trinajstić information content (AvgIpc) is 2.51. The van der Waals surface area contributed by atoms with Gasteiger partial charge in [-0.1, -0.05) is 22.0 Å². The standard InChI is InChI=1S/C17H23BrN2O4/c1-17(2,3)24-16(22)20-9-7-19(8-10-20)15(21)12-23-14-6-4-5-13(18)11-14/h4-6,11H,7-10,12H2,1-3H3. The van der Waals surface area contributed by atoms with Gasteiger partial charge in [0, 0.05) is 30.7 Å². The van der Waals surface area contributed by atoms with Gasteiger partial charge >= 0.3 is 6.09 Å². The van der Waals surface area contributed by atoms with Crippen LogP contribution in [0.25, 0.3) is 0 Å². The Hall–Kier alpha value is -1.76. The third-order valence-corrected chi connectivity index (χ3v) is 3.94. The SMILES string of the molecule is CC(C)(C)OC(=O)N1CCN(C(=O)COc2cccc(Br)c2)CC1. The Bertz CT molecular complexity index is 592. The molecule has 1 heterocycles. The van der Waals surface area contributed by atoms with Gasteiger partial charge in [0.05, 0.1) is 0 Å². The minimum Gasteiger partial charge on any atom is -0.484 e. The molecule has 1 fully saturated rings. The molecule has 0 bridgehead atoms. The molecule has 2 amide bonds. The second kappa shape index (κ2) is 7.88. The molecular weight excluding hydrogens is 376 g/mol. The summed E-state index contributed by atoms with van der Waals surface area (Å²) in [5.74, 6) is 0.559. The summed E-state index contributed by atoms with van der Waals surface area (Å²) in [6.45, 7) is 7.41. The number of carbonyl (C=O) groups excluding carboxylic acids is 2. The van der Waals surface area contributed by atoms with E-state index in [-0.39, 0.29) is 18.6 Å². The van der Waals surface area contributed by atoms with Crippen LogP contribution in [0.5, 0.6) is 5.75 Å². The zero-order valence-corrected chi connectivity index (χ0v) is 15.8. The highest BCUT2D eigenvalue weighted by molar-refractivity contribution is 9.10. The maximum absolute atomic E-state index is 12.2. The zero-order valence-electron chi connectivity index (χ0n) is 14.3. The molecule has 2 rings (SSSR count). The lowest BCUT2D eigenvalue weighted by Crippen LogP contribution is -2.52. The maximum Gasteiger partial charge on any atom is 0.410 e. The second-order valence-electron chi connectivity index (χ2n) is 6.59. The van der Waals surface area contributed by atoms with E-state index in [4.69, 9.17) is 9.47 Å². The van der Waals surface area contributed by atoms with Gasteiger partial charge in [-0.25, -0.2) is 4.79 Å². The van der Waals surface area contributed by atoms with Crippen LogP contribution in [0.2, 0.25) is 0 Å². The first-order chi connectivity index (χ1) is 11.2. The third kappa shape index (κ3) is 5.70. The largest absolute Gasteiger partial charge is 0.484 e. The summed E-state index contributed by atoms with van der Waals surface area (Å²) in [4.78, 5) is 27.6. The van der Waals surface area contributed by atoms with Gasteiger partial charge in [0.25, 0.3) is 5.91 Å². The van der Waals surface area contributed by atoms with E-state index < -0.39 is 5.60 Å². The fraction of sp³-hybridized carbons (Fsp3) is 0.529. The lowest BCUT2D eigenvalue weighted by atomic mass is 10.2. The molecule has 1 aliphatic heterocycles. The molecule has 132 valence electrons. The lowest BCUT2D eigenvalue weighted by molar-refractivity contribution is -0.135. The van der Waals surface area contributed by atoms with Gasteiger partial charge in [-0.15, -0.1) is 0 Å². The number of hydrogen-bond acceptors (Lipinski definition) is 4. The summed E-state index contributed by atoms with van der Waals surface area (Å²) in [5, 5.41) is 0. The van der Waals surface area contributed by atoms with Crippen LogP contribution in [0.3, 0.4) is 0 Å². The van der Waals surface area contributed by atoms with E-state index in [9.17, 15) is 9.59 Å². The number of carbonyl (C=O) groups is 2. The molecule has 0 atom stereocenters. The summed E-state index contributed by atoms with van der Waals surface area (Å²) in [7, 11) is 0. The Morgan fingerprint density at radius 3 is 2.33 bits per heavy atom. The van der Waals surface area contributed by atoms with Crippen LogP contribution in [-0.2, 0) is 9.53 Å². The molecule has 1 aromatic carbocycles. The quantitative estimate of drug-likeness (QED) is 0.785. The van der Waals surface area contributed by atoms with E-state index in [0.717, 1.165) is 4.47 Å². The van der Waals surface area contributed by atoms with Gasteiger partial charge in [0.15, 0.2) is 6.61 Å². The fourth-order valence-electron chi connectivity index (χ4n) is 2.26. The summed E-state index contributed by atoms with van der Waals surface area (Å²) >= 11 is 3.36. The molecule has 0 unspecified atom stereocenters. The summed E-state index contributed by atoms with van der Waals surface area (Å²) in [5.41, 5.74) is -0.512. The lowest BCUT2D eigenvalue weighted by Gasteiger charge is -2.35. The predicted octanol–water partition coefficient (Wildman–Crippen LogP) is 2.91. The third-order valence-electron chi connectivity index (χ3n) is 3.44. The normalized spacial score (nSPS) is 15.2. The average molecular weight is 399 g/mol. The van der Waals surface area contributed by atoms with E-state index in [1.54, 1.807) is 15.9 Å². The molecule has 24 heavy (non-hydrogen) atoms. The van der Waals surface area contributed by atoms with E-state index in [2.05, 4.69) is 15.9 Å². The Morgan fingerprint density at radius 1 is 1.12 bits per heavy atom. The van der Waals surface area contributed by atoms with Crippen molar-refractivity contribution in [2.45, 2.75) is 26.4 Å². The van der Waals surface area contributed by atoms with Crippen molar-refractivity contribution in [3.05, 3.63) is 28.7 Å². The molecule has 6 nitrogen and oxygen atoms in total. The molecule has 1 aromatic rings. The van der Waals surface area contributed by atoms with Crippen molar-refractivity contribution in [2.24, 2.45) is 0 Å². The second-order valence-corrected chi connectivity index (χ2v) is 7.51. The van der Waals surface area contributed by atoms with Gasteiger partial charge in [-0.3, -0.25) is 4.79 Å². The highest BCUT2D eigenvalue weighted by Crippen LogP contribution is 2.18. The molecule has 0 saturated carbocycles. The van der Waals surface area contributed by atoms with Gasteiger partial charge in [0.1, 0.15) is 11.4 Å². The Balaban J connectivity index is 1.77. The number of rotatable bonds is 3. The number of ether oxygens (including phenoxy) is 2. The minimum atomic E-state index is -0.512. The highest BCUT2D eigenvalue weighted by Gasteiger charge is 2.27. The van der Waals surface area contributed by atoms with Crippen LogP contribution >= 0.6 is 15.9 Å². The first-order valence-corrected chi connectivity index (χ1v) is 8.68. The number of halogens is 1. The molecule has 0 N–H and O–H groups in total. The van der Waals surface area contributed by atoms with E-state index in [1.165, 1.54) is 0 Å². The predicted molar refractivity (Wildman–Crippen MR) is 94.0 cm³/mol. The van der Waals surface area contributed by atoms with Crippen molar-refractivity contribution in [1.29, 1.82) is 0 Å². The smallest absolute Gasteiger partial charge is 0.410 e. The van der Waals surface area contributed by atoms with Crippen LogP contribution in [-0.4, -0.2) is 60.2 Å². The molecular formula is C17H23BrN2O4. The number of piperazine rings is 1. The Morgan fingerprint density at radius 2 is 1.75 bits per heavy atom. The molecule has 0 radical (unpaired) electrons. The Labute approximate surface area is 150 Å². The number of benzene rings is 1. The van der Waals surface area contributed by atoms with E-state index in [0.29, 0.717) is 31.9 Å². The highest BCUT2D eigenvalue weighted by atomic mass is 79.9. The monoisotopic (exact) mass is 398 g/mol. The summed E-state index contributed by atoms with van der Waals surface area (Å²) < 4.78 is 11.8. The summed E-state index contributed by atoms with van der Waals surface area (Å²) in [6, 6.07) is 7.36. The molecule has 1 aliphatic rings. The fourth-order valence-corrected chi connectivity index (χ4v) is 2.64. The van der Waals surface area contributed by atoms with Gasteiger partial charge < -0.3 is 19.3 Å². The van der Waals surface area contributed by atoms with Crippen molar-refractivity contribution >= 4 is 27.9 Å². The number of nitrogens with zero attached hydrogens (tertiary/aromatic N) is 2. The summed E-state index contributed by atoms with van der Waals surface area (Å²) in [6.07, 6.45) is -0.333. The van der Waals surface area contributed by atoms with Crippen molar-refractivity contribution < 1.29 is 19.1 Å². The van der Waals surface area contributed by atoms with Gasteiger partial charge in [0.2, 0.25) is 0 Å². The van der Waals surface area contributed by atoms with E-state index >= 15 is 0 Å². The van der Waals surface area contributed by atoms with Crippen LogP contribution in [0, 0.1) is 0 Å². The molecule has 7 heteroatoms. The van der Waals surface area contributed by atoms with E-state index in [1.807, 2.05) is 39.0 Å². The van der Waals surface area contributed by atoms with Crippen molar-refractivity contribution in [3.63, 3.8) is 0 Å². The van der Waals surface area contributed by atoms with Crippen molar-refractivity contribution in [2.75, 3.05) is 32.8 Å². The van der Waals surface area contributed by atoms with Crippen molar-refractivity contribution in [3.8, 4) is 5.75 Å². The zero-order chi connectivity index (χ0) is 17.7. The van der Waals surface area contributed by atoms with Crippen LogP contribution in [0.1, 0.15) is 20.8 Å². The minimum absolute atomic E-state index is 0.0110. The molecule has 0 aliphatic carbocycles. The molecule has 0 aromatic heterocycles. The van der Waals surface area contributed by atoms with Crippen molar-refractivity contribution in [1.82, 2.24) is 9.80 Å². The van der Waals surface area contributed by atoms with Gasteiger partial charge in [-0.2, -0.15) is 0 Å².